The maximum absolute atomic E-state index is 6.04. The zero-order valence-corrected chi connectivity index (χ0v) is 16.9. The van der Waals surface area contributed by atoms with Gasteiger partial charge in [-0.2, -0.15) is 0 Å². The van der Waals surface area contributed by atoms with Crippen LogP contribution >= 0.6 is 11.3 Å². The van der Waals surface area contributed by atoms with Gasteiger partial charge in [-0.15, -0.1) is 11.3 Å². The zero-order valence-electron chi connectivity index (χ0n) is 16.1. The zero-order chi connectivity index (χ0) is 19.3. The van der Waals surface area contributed by atoms with Crippen LogP contribution in [0, 0.1) is 5.92 Å². The Morgan fingerprint density at radius 2 is 1.93 bits per heavy atom. The van der Waals surface area contributed by atoms with E-state index in [2.05, 4.69) is 48.6 Å². The average Bonchev–Trinajstić information content (AvgIpc) is 3.35. The molecule has 4 aromatic rings. The Labute approximate surface area is 169 Å². The second kappa shape index (κ2) is 8.59. The molecule has 0 aliphatic carbocycles. The highest BCUT2D eigenvalue weighted by Crippen LogP contribution is 2.33. The molecule has 4 nitrogen and oxygen atoms in total. The minimum atomic E-state index is 0.326. The Morgan fingerprint density at radius 3 is 2.79 bits per heavy atom. The number of ether oxygens (including phenoxy) is 1. The van der Waals surface area contributed by atoms with E-state index in [1.54, 1.807) is 11.3 Å². The third-order valence-electron chi connectivity index (χ3n) is 4.79. The van der Waals surface area contributed by atoms with Crippen molar-refractivity contribution in [1.82, 2.24) is 10.5 Å². The molecule has 2 aromatic carbocycles. The van der Waals surface area contributed by atoms with Crippen molar-refractivity contribution in [2.45, 2.75) is 19.9 Å². The molecule has 2 heterocycles. The van der Waals surface area contributed by atoms with E-state index in [4.69, 9.17) is 9.26 Å². The molecule has 0 fully saturated rings. The van der Waals surface area contributed by atoms with Crippen LogP contribution in [-0.2, 0) is 0 Å². The quantitative estimate of drug-likeness (QED) is 0.404. The number of thiophene rings is 1. The molecule has 2 aromatic heterocycles. The highest BCUT2D eigenvalue weighted by atomic mass is 32.1. The molecular formula is C23H24N2O2S. The smallest absolute Gasteiger partial charge is 0.178 e. The predicted molar refractivity (Wildman–Crippen MR) is 115 cm³/mol. The van der Waals surface area contributed by atoms with E-state index >= 15 is 0 Å². The van der Waals surface area contributed by atoms with Gasteiger partial charge < -0.3 is 14.6 Å². The Kier molecular flexibility index (Phi) is 5.74. The number of benzene rings is 2. The lowest BCUT2D eigenvalue weighted by molar-refractivity contribution is 0.252. The van der Waals surface area contributed by atoms with Crippen molar-refractivity contribution >= 4 is 21.6 Å². The second-order valence-electron chi connectivity index (χ2n) is 7.13. The Morgan fingerprint density at radius 1 is 1.07 bits per heavy atom. The SMILES string of the molecule is CC(CNC(C)c1ccccc1)COc1cccc(-c2noc3ccsc23)c1. The van der Waals surface area contributed by atoms with E-state index in [1.165, 1.54) is 5.56 Å². The fraction of sp³-hybridized carbons (Fsp3) is 0.261. The van der Waals surface area contributed by atoms with Gasteiger partial charge in [-0.1, -0.05) is 54.5 Å². The van der Waals surface area contributed by atoms with Crippen molar-refractivity contribution in [3.63, 3.8) is 0 Å². The van der Waals surface area contributed by atoms with Crippen LogP contribution in [0.5, 0.6) is 5.75 Å². The molecule has 0 amide bonds. The molecule has 0 saturated carbocycles. The molecular weight excluding hydrogens is 368 g/mol. The third kappa shape index (κ3) is 4.26. The molecule has 0 radical (unpaired) electrons. The Bertz CT molecular complexity index is 1030. The van der Waals surface area contributed by atoms with Gasteiger partial charge in [-0.25, -0.2) is 0 Å². The lowest BCUT2D eigenvalue weighted by Crippen LogP contribution is -2.27. The largest absolute Gasteiger partial charge is 0.493 e. The van der Waals surface area contributed by atoms with Gasteiger partial charge in [0.1, 0.15) is 16.1 Å². The van der Waals surface area contributed by atoms with E-state index < -0.39 is 0 Å². The first-order valence-electron chi connectivity index (χ1n) is 9.55. The third-order valence-corrected chi connectivity index (χ3v) is 5.70. The first-order valence-corrected chi connectivity index (χ1v) is 10.4. The Hall–Kier alpha value is -2.63. The summed E-state index contributed by atoms with van der Waals surface area (Å²) in [6.07, 6.45) is 0. The highest BCUT2D eigenvalue weighted by molar-refractivity contribution is 7.17. The summed E-state index contributed by atoms with van der Waals surface area (Å²) in [4.78, 5) is 0. The normalized spacial score (nSPS) is 13.5. The molecule has 5 heteroatoms. The summed E-state index contributed by atoms with van der Waals surface area (Å²) >= 11 is 1.64. The number of nitrogens with one attached hydrogen (secondary N) is 1. The van der Waals surface area contributed by atoms with Gasteiger partial charge >= 0.3 is 0 Å². The molecule has 144 valence electrons. The average molecular weight is 393 g/mol. The maximum atomic E-state index is 6.04. The fourth-order valence-corrected chi connectivity index (χ4v) is 3.95. The van der Waals surface area contributed by atoms with Crippen LogP contribution in [0.3, 0.4) is 0 Å². The molecule has 0 bridgehead atoms. The van der Waals surface area contributed by atoms with Crippen molar-refractivity contribution in [1.29, 1.82) is 0 Å². The number of hydrogen-bond donors (Lipinski definition) is 1. The van der Waals surface area contributed by atoms with Gasteiger partial charge in [-0.3, -0.25) is 0 Å². The lowest BCUT2D eigenvalue weighted by Gasteiger charge is -2.18. The number of rotatable bonds is 8. The summed E-state index contributed by atoms with van der Waals surface area (Å²) in [6.45, 7) is 5.94. The number of aromatic nitrogens is 1. The van der Waals surface area contributed by atoms with Gasteiger partial charge in [-0.05, 0) is 36.1 Å². The molecule has 0 aliphatic heterocycles. The van der Waals surface area contributed by atoms with Crippen molar-refractivity contribution in [2.24, 2.45) is 5.92 Å². The second-order valence-corrected chi connectivity index (χ2v) is 8.05. The monoisotopic (exact) mass is 392 g/mol. The van der Waals surface area contributed by atoms with Crippen LogP contribution in [0.1, 0.15) is 25.5 Å². The van der Waals surface area contributed by atoms with Crippen LogP contribution in [0.25, 0.3) is 21.5 Å². The predicted octanol–water partition coefficient (Wildman–Crippen LogP) is 5.92. The topological polar surface area (TPSA) is 47.3 Å². The highest BCUT2D eigenvalue weighted by Gasteiger charge is 2.13. The number of hydrogen-bond acceptors (Lipinski definition) is 5. The molecule has 2 atom stereocenters. The lowest BCUT2D eigenvalue weighted by atomic mass is 10.1. The molecule has 1 N–H and O–H groups in total. The number of nitrogens with zero attached hydrogens (tertiary/aromatic N) is 1. The summed E-state index contributed by atoms with van der Waals surface area (Å²) in [5, 5.41) is 9.81. The first-order chi connectivity index (χ1) is 13.7. The summed E-state index contributed by atoms with van der Waals surface area (Å²) in [5.74, 6) is 1.25. The van der Waals surface area contributed by atoms with E-state index in [-0.39, 0.29) is 0 Å². The standard InChI is InChI=1S/C23H24N2O2S/c1-16(14-24-17(2)18-7-4-3-5-8-18)15-26-20-10-6-9-19(13-20)22-23-21(27-25-22)11-12-28-23/h3-13,16-17,24H,14-15H2,1-2H3. The van der Waals surface area contributed by atoms with Gasteiger partial charge in [0.25, 0.3) is 0 Å². The molecule has 0 spiro atoms. The van der Waals surface area contributed by atoms with E-state index in [1.807, 2.05) is 41.8 Å². The minimum Gasteiger partial charge on any atom is -0.493 e. The van der Waals surface area contributed by atoms with Crippen molar-refractivity contribution < 1.29 is 9.26 Å². The summed E-state index contributed by atoms with van der Waals surface area (Å²) in [6, 6.07) is 20.8. The molecule has 0 aliphatic rings. The van der Waals surface area contributed by atoms with Gasteiger partial charge in [0.15, 0.2) is 5.58 Å². The molecule has 0 saturated heterocycles. The molecule has 28 heavy (non-hydrogen) atoms. The van der Waals surface area contributed by atoms with Crippen molar-refractivity contribution in [3.05, 3.63) is 71.6 Å². The summed E-state index contributed by atoms with van der Waals surface area (Å²) in [5.41, 5.74) is 4.03. The van der Waals surface area contributed by atoms with Crippen LogP contribution in [0.15, 0.2) is 70.6 Å². The number of fused-ring (bicyclic) bond motifs is 1. The van der Waals surface area contributed by atoms with Crippen LogP contribution < -0.4 is 10.1 Å². The van der Waals surface area contributed by atoms with Crippen LogP contribution in [0.4, 0.5) is 0 Å². The summed E-state index contributed by atoms with van der Waals surface area (Å²) < 4.78 is 12.5. The Balaban J connectivity index is 1.33. The minimum absolute atomic E-state index is 0.326. The van der Waals surface area contributed by atoms with Crippen molar-refractivity contribution in [3.8, 4) is 17.0 Å². The van der Waals surface area contributed by atoms with Gasteiger partial charge in [0.2, 0.25) is 0 Å². The van der Waals surface area contributed by atoms with Gasteiger partial charge in [0.05, 0.1) is 6.61 Å². The van der Waals surface area contributed by atoms with E-state index in [0.29, 0.717) is 18.6 Å². The first kappa shape index (κ1) is 18.7. The molecule has 2 unspecified atom stereocenters. The molecule has 4 rings (SSSR count). The summed E-state index contributed by atoms with van der Waals surface area (Å²) in [7, 11) is 0. The van der Waals surface area contributed by atoms with Crippen LogP contribution in [0.2, 0.25) is 0 Å². The van der Waals surface area contributed by atoms with Gasteiger partial charge in [0, 0.05) is 24.1 Å². The van der Waals surface area contributed by atoms with E-state index in [9.17, 15) is 0 Å². The van der Waals surface area contributed by atoms with E-state index in [0.717, 1.165) is 33.8 Å². The fourth-order valence-electron chi connectivity index (χ4n) is 3.13. The van der Waals surface area contributed by atoms with Crippen LogP contribution in [-0.4, -0.2) is 18.3 Å². The van der Waals surface area contributed by atoms with Crippen molar-refractivity contribution in [2.75, 3.05) is 13.2 Å². The maximum Gasteiger partial charge on any atom is 0.178 e.